The van der Waals surface area contributed by atoms with Gasteiger partial charge in [-0.25, -0.2) is 14.5 Å². The maximum absolute atomic E-state index is 12.9. The fourth-order valence-electron chi connectivity index (χ4n) is 6.83. The molecular formula is C29H39N5O4. The van der Waals surface area contributed by atoms with Gasteiger partial charge in [0.1, 0.15) is 30.6 Å². The standard InChI is InChI=1S/C29H39N5O4/c1-19-26(35)24(38-29(19,17-30)25-15-14-23-27(31-2)32-18-33-34(23)25)16-37-28(36)22-12-10-21(11-13-22)9-8-20-6-4-3-5-7-20/h14-15,18-22,24,26,35H,2-13,16H2,1H3/t19-,21?,22?,24-,26+,29-/m1/s1. The van der Waals surface area contributed by atoms with Crippen molar-refractivity contribution in [1.29, 1.82) is 5.26 Å². The highest BCUT2D eigenvalue weighted by Gasteiger charge is 2.56. The minimum absolute atomic E-state index is 0.0901. The van der Waals surface area contributed by atoms with Gasteiger partial charge in [0.25, 0.3) is 0 Å². The van der Waals surface area contributed by atoms with Crippen LogP contribution >= 0.6 is 0 Å². The van der Waals surface area contributed by atoms with E-state index < -0.39 is 23.7 Å². The second kappa shape index (κ2) is 11.5. The summed E-state index contributed by atoms with van der Waals surface area (Å²) in [7, 11) is 0. The van der Waals surface area contributed by atoms with Gasteiger partial charge in [0.15, 0.2) is 5.82 Å². The molecule has 0 amide bonds. The van der Waals surface area contributed by atoms with Crippen molar-refractivity contribution in [3.63, 3.8) is 0 Å². The first kappa shape index (κ1) is 26.8. The number of carbonyl (C=O) groups is 1. The molecule has 2 aliphatic carbocycles. The molecule has 204 valence electrons. The van der Waals surface area contributed by atoms with Gasteiger partial charge < -0.3 is 14.6 Å². The molecule has 3 heterocycles. The Bertz CT molecular complexity index is 1180. The van der Waals surface area contributed by atoms with Gasteiger partial charge in [0.05, 0.1) is 17.7 Å². The lowest BCUT2D eigenvalue weighted by Gasteiger charge is -2.29. The van der Waals surface area contributed by atoms with Crippen molar-refractivity contribution in [3.05, 3.63) is 24.2 Å². The van der Waals surface area contributed by atoms with E-state index in [2.05, 4.69) is 27.9 Å². The van der Waals surface area contributed by atoms with Gasteiger partial charge in [-0.2, -0.15) is 10.4 Å². The third-order valence-electron chi connectivity index (χ3n) is 9.28. The highest BCUT2D eigenvalue weighted by atomic mass is 16.6. The van der Waals surface area contributed by atoms with Crippen LogP contribution in [0.2, 0.25) is 0 Å². The summed E-state index contributed by atoms with van der Waals surface area (Å²) < 4.78 is 13.4. The second-order valence-corrected chi connectivity index (χ2v) is 11.5. The second-order valence-electron chi connectivity index (χ2n) is 11.5. The number of ether oxygens (including phenoxy) is 2. The number of nitriles is 1. The molecule has 1 aliphatic heterocycles. The van der Waals surface area contributed by atoms with Gasteiger partial charge in [-0.1, -0.05) is 51.9 Å². The van der Waals surface area contributed by atoms with E-state index in [1.165, 1.54) is 51.3 Å². The average Bonchev–Trinajstić information content (AvgIpc) is 3.51. The summed E-state index contributed by atoms with van der Waals surface area (Å²) in [5.74, 6) is 1.11. The minimum Gasteiger partial charge on any atom is -0.463 e. The Labute approximate surface area is 224 Å². The van der Waals surface area contributed by atoms with E-state index in [9.17, 15) is 15.2 Å². The van der Waals surface area contributed by atoms with Gasteiger partial charge in [0, 0.05) is 5.92 Å². The van der Waals surface area contributed by atoms with Crippen LogP contribution in [-0.2, 0) is 19.9 Å². The Morgan fingerprint density at radius 2 is 1.92 bits per heavy atom. The van der Waals surface area contributed by atoms with Crippen molar-refractivity contribution < 1.29 is 19.4 Å². The molecule has 0 spiro atoms. The molecule has 2 aromatic heterocycles. The van der Waals surface area contributed by atoms with Crippen LogP contribution < -0.4 is 0 Å². The molecule has 0 radical (unpaired) electrons. The number of carbonyl (C=O) groups excluding carboxylic acids is 1. The summed E-state index contributed by atoms with van der Waals surface area (Å²) in [5, 5.41) is 25.5. The molecule has 0 bridgehead atoms. The molecule has 2 saturated carbocycles. The quantitative estimate of drug-likeness (QED) is 0.388. The Balaban J connectivity index is 1.16. The molecule has 3 fully saturated rings. The summed E-state index contributed by atoms with van der Waals surface area (Å²) in [4.78, 5) is 20.9. The molecule has 0 aromatic carbocycles. The zero-order valence-electron chi connectivity index (χ0n) is 22.3. The smallest absolute Gasteiger partial charge is 0.309 e. The highest BCUT2D eigenvalue weighted by molar-refractivity contribution is 5.72. The largest absolute Gasteiger partial charge is 0.463 e. The van der Waals surface area contributed by atoms with Crippen LogP contribution in [0.1, 0.15) is 83.2 Å². The maximum atomic E-state index is 12.9. The van der Waals surface area contributed by atoms with E-state index in [0.29, 0.717) is 17.0 Å². The van der Waals surface area contributed by atoms with E-state index >= 15 is 0 Å². The van der Waals surface area contributed by atoms with Gasteiger partial charge in [-0.3, -0.25) is 4.79 Å². The number of hydrogen-bond acceptors (Lipinski definition) is 8. The lowest BCUT2D eigenvalue weighted by molar-refractivity contribution is -0.156. The van der Waals surface area contributed by atoms with Crippen molar-refractivity contribution >= 4 is 24.0 Å². The number of hydrogen-bond donors (Lipinski definition) is 1. The third-order valence-corrected chi connectivity index (χ3v) is 9.28. The zero-order chi connectivity index (χ0) is 26.7. The fourth-order valence-corrected chi connectivity index (χ4v) is 6.83. The van der Waals surface area contributed by atoms with Gasteiger partial charge in [-0.05, 0) is 56.4 Å². The van der Waals surface area contributed by atoms with E-state index in [4.69, 9.17) is 9.47 Å². The van der Waals surface area contributed by atoms with Crippen LogP contribution in [0.4, 0.5) is 5.82 Å². The molecule has 38 heavy (non-hydrogen) atoms. The van der Waals surface area contributed by atoms with Crippen LogP contribution in [0.25, 0.3) is 5.52 Å². The zero-order valence-corrected chi connectivity index (χ0v) is 22.3. The van der Waals surface area contributed by atoms with Crippen molar-refractivity contribution in [3.8, 4) is 6.07 Å². The molecule has 4 atom stereocenters. The summed E-state index contributed by atoms with van der Waals surface area (Å²) in [5.41, 5.74) is -0.414. The normalized spacial score (nSPS) is 32.2. The number of aliphatic hydroxyl groups excluding tert-OH is 1. The third kappa shape index (κ3) is 5.08. The Morgan fingerprint density at radius 3 is 2.61 bits per heavy atom. The Morgan fingerprint density at radius 1 is 1.21 bits per heavy atom. The molecule has 2 aromatic rings. The van der Waals surface area contributed by atoms with E-state index in [1.54, 1.807) is 23.6 Å². The van der Waals surface area contributed by atoms with Crippen LogP contribution in [0, 0.1) is 35.0 Å². The molecular weight excluding hydrogens is 482 g/mol. The Kier molecular flexibility index (Phi) is 8.10. The van der Waals surface area contributed by atoms with Crippen LogP contribution in [0.3, 0.4) is 0 Å². The van der Waals surface area contributed by atoms with E-state index in [0.717, 1.165) is 37.5 Å². The maximum Gasteiger partial charge on any atom is 0.309 e. The summed E-state index contributed by atoms with van der Waals surface area (Å²) in [6, 6.07) is 5.74. The number of rotatable bonds is 8. The molecule has 0 unspecified atom stereocenters. The lowest BCUT2D eigenvalue weighted by atomic mass is 9.77. The first-order chi connectivity index (χ1) is 18.5. The fraction of sp³-hybridized carbons (Fsp3) is 0.690. The number of aliphatic imine (C=N–C) groups is 1. The topological polar surface area (TPSA) is 122 Å². The highest BCUT2D eigenvalue weighted by Crippen LogP contribution is 2.45. The number of aliphatic hydroxyl groups is 1. The minimum atomic E-state index is -1.47. The summed E-state index contributed by atoms with van der Waals surface area (Å²) >= 11 is 0. The molecule has 1 saturated heterocycles. The lowest BCUT2D eigenvalue weighted by Crippen LogP contribution is -2.34. The van der Waals surface area contributed by atoms with Crippen molar-refractivity contribution in [2.45, 2.75) is 95.4 Å². The Hall–Kier alpha value is -2.83. The van der Waals surface area contributed by atoms with Crippen molar-refractivity contribution in [2.75, 3.05) is 6.61 Å². The predicted molar refractivity (Wildman–Crippen MR) is 142 cm³/mol. The van der Waals surface area contributed by atoms with E-state index in [-0.39, 0.29) is 18.5 Å². The summed E-state index contributed by atoms with van der Waals surface area (Å²) in [6.45, 7) is 5.21. The van der Waals surface area contributed by atoms with Crippen LogP contribution in [-0.4, -0.2) is 51.2 Å². The number of aromatic nitrogens is 3. The molecule has 9 heteroatoms. The monoisotopic (exact) mass is 521 g/mol. The molecule has 1 N–H and O–H groups in total. The SMILES string of the molecule is C=Nc1ncnn2c([C@]3(C#N)O[C@H](COC(=O)C4CCC(CCC5CCCCC5)CC4)[C@@H](O)[C@H]3C)ccc12. The van der Waals surface area contributed by atoms with Gasteiger partial charge >= 0.3 is 5.97 Å². The number of nitrogens with zero attached hydrogens (tertiary/aromatic N) is 5. The molecule has 9 nitrogen and oxygen atoms in total. The van der Waals surface area contributed by atoms with Crippen molar-refractivity contribution in [2.24, 2.45) is 28.7 Å². The van der Waals surface area contributed by atoms with E-state index in [1.807, 2.05) is 0 Å². The van der Waals surface area contributed by atoms with Crippen LogP contribution in [0.15, 0.2) is 23.5 Å². The first-order valence-electron chi connectivity index (χ1n) is 14.2. The number of esters is 1. The number of fused-ring (bicyclic) bond motifs is 1. The van der Waals surface area contributed by atoms with Gasteiger partial charge in [0.2, 0.25) is 5.60 Å². The first-order valence-corrected chi connectivity index (χ1v) is 14.2. The van der Waals surface area contributed by atoms with Crippen LogP contribution in [0.5, 0.6) is 0 Å². The molecule has 3 aliphatic rings. The molecule has 5 rings (SSSR count). The van der Waals surface area contributed by atoms with Crippen molar-refractivity contribution in [1.82, 2.24) is 14.6 Å². The predicted octanol–water partition coefficient (Wildman–Crippen LogP) is 4.89. The summed E-state index contributed by atoms with van der Waals surface area (Å²) in [6.07, 6.45) is 13.0. The average molecular weight is 522 g/mol. The van der Waals surface area contributed by atoms with Gasteiger partial charge in [-0.15, -0.1) is 0 Å².